The Morgan fingerprint density at radius 1 is 1.50 bits per heavy atom. The first-order valence-corrected chi connectivity index (χ1v) is 8.30. The molecular formula is C11H13FN5O6P. The van der Waals surface area contributed by atoms with E-state index in [-0.39, 0.29) is 17.1 Å². The summed E-state index contributed by atoms with van der Waals surface area (Å²) >= 11 is 0. The lowest BCUT2D eigenvalue weighted by molar-refractivity contribution is -0.0233. The minimum atomic E-state index is -4.50. The number of halogens is 1. The van der Waals surface area contributed by atoms with Gasteiger partial charge in [-0.15, -0.1) is 0 Å². The van der Waals surface area contributed by atoms with Gasteiger partial charge in [-0.2, -0.15) is 4.98 Å². The van der Waals surface area contributed by atoms with E-state index in [2.05, 4.69) is 15.0 Å². The Morgan fingerprint density at radius 2 is 2.21 bits per heavy atom. The highest BCUT2D eigenvalue weighted by molar-refractivity contribution is 7.55. The molecule has 0 saturated carbocycles. The summed E-state index contributed by atoms with van der Waals surface area (Å²) in [5.41, 5.74) is 4.74. The number of hydrogen-bond donors (Lipinski definition) is 5. The molecule has 0 aliphatic carbocycles. The van der Waals surface area contributed by atoms with Gasteiger partial charge in [-0.25, -0.2) is 9.37 Å². The van der Waals surface area contributed by atoms with Crippen molar-refractivity contribution in [1.82, 2.24) is 19.5 Å². The van der Waals surface area contributed by atoms with Gasteiger partial charge in [0.05, 0.1) is 6.33 Å². The zero-order valence-electron chi connectivity index (χ0n) is 11.9. The van der Waals surface area contributed by atoms with E-state index < -0.39 is 37.8 Å². The molecular weight excluding hydrogens is 348 g/mol. The minimum Gasteiger partial charge on any atom is -0.385 e. The molecule has 1 fully saturated rings. The molecule has 2 aromatic rings. The van der Waals surface area contributed by atoms with Gasteiger partial charge in [-0.05, 0) is 6.08 Å². The number of nitrogens with zero attached hydrogens (tertiary/aromatic N) is 3. The standard InChI is InChI=1S/C11H13FN5O6P/c12-5-4(1-2-24(20,21)22)23-10(7(5)18)17-3-14-6-8(17)15-11(13)16-9(6)19/h1-5,7,10,18H,(H2,20,21,22)(H3,13,15,16,19)/b2-1+/t4-,5+,7-,10-/m1/s1. The fourth-order valence-electron chi connectivity index (χ4n) is 2.38. The monoisotopic (exact) mass is 361 g/mol. The number of aromatic nitrogens is 4. The number of ether oxygens (including phenoxy) is 1. The van der Waals surface area contributed by atoms with Crippen LogP contribution < -0.4 is 11.3 Å². The Kier molecular flexibility index (Phi) is 4.01. The second kappa shape index (κ2) is 5.76. The Labute approximate surface area is 132 Å². The third-order valence-corrected chi connectivity index (χ3v) is 3.98. The van der Waals surface area contributed by atoms with Crippen LogP contribution in [0.4, 0.5) is 10.3 Å². The first kappa shape index (κ1) is 16.7. The molecule has 13 heteroatoms. The van der Waals surface area contributed by atoms with Crippen LogP contribution in [0.5, 0.6) is 0 Å². The number of nitrogens with one attached hydrogen (secondary N) is 1. The van der Waals surface area contributed by atoms with Gasteiger partial charge in [-0.1, -0.05) is 0 Å². The molecule has 0 amide bonds. The number of nitrogen functional groups attached to an aromatic ring is 1. The maximum absolute atomic E-state index is 14.1. The molecule has 11 nitrogen and oxygen atoms in total. The van der Waals surface area contributed by atoms with Gasteiger partial charge in [0.2, 0.25) is 5.95 Å². The van der Waals surface area contributed by atoms with Crippen LogP contribution in [-0.4, -0.2) is 52.8 Å². The van der Waals surface area contributed by atoms with Crippen molar-refractivity contribution in [1.29, 1.82) is 0 Å². The van der Waals surface area contributed by atoms with E-state index in [1.54, 1.807) is 0 Å². The average molecular weight is 361 g/mol. The van der Waals surface area contributed by atoms with E-state index in [1.165, 1.54) is 0 Å². The van der Waals surface area contributed by atoms with Crippen LogP contribution in [0.1, 0.15) is 6.23 Å². The molecule has 0 unspecified atom stereocenters. The number of aliphatic hydroxyl groups excluding tert-OH is 1. The van der Waals surface area contributed by atoms with Gasteiger partial charge < -0.3 is 25.4 Å². The van der Waals surface area contributed by atoms with Crippen LogP contribution in [0.3, 0.4) is 0 Å². The van der Waals surface area contributed by atoms with Crippen molar-refractivity contribution in [2.75, 3.05) is 5.73 Å². The van der Waals surface area contributed by atoms with Gasteiger partial charge in [0.15, 0.2) is 23.6 Å². The Hall–Kier alpha value is -2.11. The van der Waals surface area contributed by atoms with Crippen LogP contribution in [0, 0.1) is 0 Å². The van der Waals surface area contributed by atoms with E-state index in [0.717, 1.165) is 17.0 Å². The smallest absolute Gasteiger partial charge is 0.348 e. The lowest BCUT2D eigenvalue weighted by Gasteiger charge is -2.15. The van der Waals surface area contributed by atoms with Crippen LogP contribution in [0.2, 0.25) is 0 Å². The zero-order chi connectivity index (χ0) is 17.6. The van der Waals surface area contributed by atoms with E-state index >= 15 is 0 Å². The number of imidazole rings is 1. The van der Waals surface area contributed by atoms with Gasteiger partial charge in [0.1, 0.15) is 12.2 Å². The second-order valence-electron chi connectivity index (χ2n) is 5.13. The molecule has 0 aromatic carbocycles. The molecule has 1 aliphatic rings. The normalized spacial score (nSPS) is 28.2. The minimum absolute atomic E-state index is 0.0212. The number of aliphatic hydroxyl groups is 1. The molecule has 1 saturated heterocycles. The van der Waals surface area contributed by atoms with Crippen LogP contribution in [-0.2, 0) is 9.30 Å². The lowest BCUT2D eigenvalue weighted by atomic mass is 10.1. The molecule has 6 N–H and O–H groups in total. The Balaban J connectivity index is 1.97. The van der Waals surface area contributed by atoms with Gasteiger partial charge in [0, 0.05) is 5.82 Å². The molecule has 0 radical (unpaired) electrons. The lowest BCUT2D eigenvalue weighted by Crippen LogP contribution is -2.27. The number of fused-ring (bicyclic) bond motifs is 1. The topological polar surface area (TPSA) is 177 Å². The summed E-state index contributed by atoms with van der Waals surface area (Å²) in [7, 11) is -4.50. The fourth-order valence-corrected chi connectivity index (χ4v) is 2.77. The summed E-state index contributed by atoms with van der Waals surface area (Å²) in [5, 5.41) is 10.0. The van der Waals surface area contributed by atoms with Crippen LogP contribution in [0.15, 0.2) is 23.0 Å². The largest absolute Gasteiger partial charge is 0.385 e. The molecule has 4 atom stereocenters. The summed E-state index contributed by atoms with van der Waals surface area (Å²) in [6, 6.07) is 0. The summed E-state index contributed by atoms with van der Waals surface area (Å²) in [6.07, 6.45) is -4.35. The second-order valence-corrected chi connectivity index (χ2v) is 6.61. The summed E-state index contributed by atoms with van der Waals surface area (Å²) in [4.78, 5) is 39.2. The molecule has 24 heavy (non-hydrogen) atoms. The Morgan fingerprint density at radius 3 is 2.88 bits per heavy atom. The van der Waals surface area contributed by atoms with Crippen molar-refractivity contribution in [2.45, 2.75) is 24.6 Å². The maximum atomic E-state index is 14.1. The highest BCUT2D eigenvalue weighted by atomic mass is 31.2. The third-order valence-electron chi connectivity index (χ3n) is 3.42. The predicted octanol–water partition coefficient (Wildman–Crippen LogP) is -1.01. The highest BCUT2D eigenvalue weighted by Crippen LogP contribution is 2.39. The predicted molar refractivity (Wildman–Crippen MR) is 78.6 cm³/mol. The quantitative estimate of drug-likeness (QED) is 0.429. The van der Waals surface area contributed by atoms with Gasteiger partial charge in [-0.3, -0.25) is 18.9 Å². The number of rotatable bonds is 3. The number of nitrogens with two attached hydrogens (primary N) is 1. The highest BCUT2D eigenvalue weighted by Gasteiger charge is 2.44. The molecule has 3 rings (SSSR count). The van der Waals surface area contributed by atoms with Crippen molar-refractivity contribution in [3.05, 3.63) is 28.6 Å². The van der Waals surface area contributed by atoms with E-state index in [0.29, 0.717) is 5.82 Å². The SMILES string of the molecule is Nc1nc2c(ncn2[C@@H]2O[C@H](/C=C/P(=O)(O)O)[C@H](F)[C@H]2O)c(=O)[nH]1. The van der Waals surface area contributed by atoms with E-state index in [4.69, 9.17) is 20.3 Å². The first-order valence-electron chi connectivity index (χ1n) is 6.62. The van der Waals surface area contributed by atoms with Gasteiger partial charge >= 0.3 is 7.60 Å². The van der Waals surface area contributed by atoms with Crippen LogP contribution >= 0.6 is 7.60 Å². The number of anilines is 1. The summed E-state index contributed by atoms with van der Waals surface area (Å²) in [5.74, 6) is 0.295. The molecule has 1 aliphatic heterocycles. The Bertz CT molecular complexity index is 906. The number of alkyl halides is 1. The zero-order valence-corrected chi connectivity index (χ0v) is 12.7. The summed E-state index contributed by atoms with van der Waals surface area (Å²) in [6.45, 7) is 0. The van der Waals surface area contributed by atoms with E-state index in [1.807, 2.05) is 0 Å². The van der Waals surface area contributed by atoms with Crippen molar-refractivity contribution in [3.63, 3.8) is 0 Å². The van der Waals surface area contributed by atoms with E-state index in [9.17, 15) is 18.9 Å². The summed E-state index contributed by atoms with van der Waals surface area (Å²) < 4.78 is 31.4. The van der Waals surface area contributed by atoms with Crippen LogP contribution in [0.25, 0.3) is 11.2 Å². The van der Waals surface area contributed by atoms with Crippen molar-refractivity contribution < 1.29 is 28.6 Å². The number of aromatic amines is 1. The average Bonchev–Trinajstić information content (AvgIpc) is 3.00. The van der Waals surface area contributed by atoms with Crippen molar-refractivity contribution in [3.8, 4) is 0 Å². The first-order chi connectivity index (χ1) is 11.2. The third kappa shape index (κ3) is 2.97. The van der Waals surface area contributed by atoms with Crippen molar-refractivity contribution in [2.24, 2.45) is 0 Å². The maximum Gasteiger partial charge on any atom is 0.348 e. The molecule has 0 spiro atoms. The molecule has 130 valence electrons. The number of hydrogen-bond acceptors (Lipinski definition) is 7. The molecule has 2 aromatic heterocycles. The van der Waals surface area contributed by atoms with Gasteiger partial charge in [0.25, 0.3) is 5.56 Å². The fraction of sp³-hybridized carbons (Fsp3) is 0.364. The molecule has 3 heterocycles. The van der Waals surface area contributed by atoms with Crippen molar-refractivity contribution >= 4 is 24.7 Å². The number of H-pyrrole nitrogens is 1. The molecule has 0 bridgehead atoms.